The summed E-state index contributed by atoms with van der Waals surface area (Å²) < 4.78 is 17.8. The molecule has 0 spiro atoms. The first kappa shape index (κ1) is 22.3. The van der Waals surface area contributed by atoms with Crippen molar-refractivity contribution in [2.24, 2.45) is 5.73 Å². The third-order valence-electron chi connectivity index (χ3n) is 5.54. The first-order chi connectivity index (χ1) is 15.4. The molecule has 2 N–H and O–H groups in total. The molecule has 164 valence electrons. The molecule has 8 heteroatoms. The first-order valence-electron chi connectivity index (χ1n) is 10.0. The third kappa shape index (κ3) is 4.08. The zero-order chi connectivity index (χ0) is 22.8. The van der Waals surface area contributed by atoms with Crippen LogP contribution in [0.2, 0.25) is 5.02 Å². The second-order valence-electron chi connectivity index (χ2n) is 7.44. The molecule has 2 aromatic rings. The van der Waals surface area contributed by atoms with Crippen molar-refractivity contribution in [1.29, 1.82) is 5.26 Å². The topological polar surface area (TPSA) is 94.6 Å². The number of nitriles is 1. The molecule has 1 aliphatic heterocycles. The van der Waals surface area contributed by atoms with Crippen LogP contribution in [0.5, 0.6) is 11.5 Å². The molecule has 1 atom stereocenters. The molecule has 2 aliphatic rings. The van der Waals surface area contributed by atoms with Gasteiger partial charge in [0, 0.05) is 33.5 Å². The quantitative estimate of drug-likeness (QED) is 0.565. The van der Waals surface area contributed by atoms with E-state index in [1.165, 1.54) is 7.11 Å². The third-order valence-corrected chi connectivity index (χ3v) is 6.60. The summed E-state index contributed by atoms with van der Waals surface area (Å²) in [7, 11) is 1.53. The van der Waals surface area contributed by atoms with Crippen LogP contribution in [0.1, 0.15) is 36.3 Å². The monoisotopic (exact) mass is 514 g/mol. The molecular formula is C24H20BrClN2O4. The fourth-order valence-electron chi connectivity index (χ4n) is 3.98. The van der Waals surface area contributed by atoms with Gasteiger partial charge in [-0.15, -0.1) is 0 Å². The van der Waals surface area contributed by atoms with Gasteiger partial charge >= 0.3 is 0 Å². The normalized spacial score (nSPS) is 18.1. The van der Waals surface area contributed by atoms with E-state index >= 15 is 0 Å². The molecule has 2 aromatic carbocycles. The molecule has 0 bridgehead atoms. The number of ketones is 1. The number of hydrogen-bond acceptors (Lipinski definition) is 6. The van der Waals surface area contributed by atoms with Crippen LogP contribution in [0.4, 0.5) is 0 Å². The molecule has 0 aromatic heterocycles. The maximum Gasteiger partial charge on any atom is 0.205 e. The van der Waals surface area contributed by atoms with Gasteiger partial charge < -0.3 is 19.9 Å². The van der Waals surface area contributed by atoms with E-state index in [9.17, 15) is 10.1 Å². The maximum atomic E-state index is 12.8. The first-order valence-corrected chi connectivity index (χ1v) is 11.2. The number of ether oxygens (including phenoxy) is 3. The molecule has 0 amide bonds. The van der Waals surface area contributed by atoms with E-state index in [0.29, 0.717) is 57.2 Å². The van der Waals surface area contributed by atoms with Gasteiger partial charge in [0.05, 0.1) is 13.0 Å². The molecule has 1 heterocycles. The van der Waals surface area contributed by atoms with Crippen molar-refractivity contribution in [2.45, 2.75) is 31.8 Å². The average molecular weight is 516 g/mol. The Labute approximate surface area is 199 Å². The van der Waals surface area contributed by atoms with Crippen molar-refractivity contribution in [3.63, 3.8) is 0 Å². The van der Waals surface area contributed by atoms with Crippen LogP contribution < -0.4 is 15.2 Å². The second kappa shape index (κ2) is 9.27. The molecule has 0 saturated carbocycles. The van der Waals surface area contributed by atoms with Gasteiger partial charge in [0.15, 0.2) is 17.3 Å². The Morgan fingerprint density at radius 3 is 2.78 bits per heavy atom. The van der Waals surface area contributed by atoms with Crippen molar-refractivity contribution >= 4 is 33.3 Å². The molecule has 1 aliphatic carbocycles. The van der Waals surface area contributed by atoms with Crippen molar-refractivity contribution < 1.29 is 19.0 Å². The molecular weight excluding hydrogens is 496 g/mol. The van der Waals surface area contributed by atoms with Crippen LogP contribution in [0.25, 0.3) is 0 Å². The summed E-state index contributed by atoms with van der Waals surface area (Å²) in [5, 5.41) is 10.4. The van der Waals surface area contributed by atoms with E-state index in [1.54, 1.807) is 18.2 Å². The molecule has 0 saturated heterocycles. The van der Waals surface area contributed by atoms with Crippen molar-refractivity contribution in [3.8, 4) is 17.6 Å². The summed E-state index contributed by atoms with van der Waals surface area (Å²) in [5.41, 5.74) is 8.25. The van der Waals surface area contributed by atoms with Gasteiger partial charge in [0.1, 0.15) is 24.0 Å². The largest absolute Gasteiger partial charge is 0.493 e. The molecule has 32 heavy (non-hydrogen) atoms. The van der Waals surface area contributed by atoms with Gasteiger partial charge in [-0.3, -0.25) is 4.79 Å². The summed E-state index contributed by atoms with van der Waals surface area (Å²) in [4.78, 5) is 12.8. The predicted molar refractivity (Wildman–Crippen MR) is 123 cm³/mol. The lowest BCUT2D eigenvalue weighted by Crippen LogP contribution is -2.27. The number of allylic oxidation sites excluding steroid dienone is 3. The van der Waals surface area contributed by atoms with Crippen molar-refractivity contribution in [2.75, 3.05) is 7.11 Å². The van der Waals surface area contributed by atoms with E-state index in [-0.39, 0.29) is 23.8 Å². The summed E-state index contributed by atoms with van der Waals surface area (Å²) in [6, 6.07) is 13.1. The van der Waals surface area contributed by atoms with E-state index in [2.05, 4.69) is 22.0 Å². The standard InChI is InChI=1S/C24H20BrClN2O4/c1-30-20-9-14(16(25)10-21(20)31-12-13-5-2-3-6-17(13)26)22-15(11-27)24(28)32-19-8-4-7-18(29)23(19)22/h2-3,5-6,9-10,22H,4,7-8,12,28H2,1H3/t22-/m0/s1. The number of nitrogens with two attached hydrogens (primary N) is 1. The zero-order valence-electron chi connectivity index (χ0n) is 17.3. The highest BCUT2D eigenvalue weighted by Gasteiger charge is 2.39. The van der Waals surface area contributed by atoms with Crippen LogP contribution in [0, 0.1) is 11.3 Å². The van der Waals surface area contributed by atoms with Crippen LogP contribution in [0.15, 0.2) is 63.7 Å². The van der Waals surface area contributed by atoms with Gasteiger partial charge in [-0.05, 0) is 30.2 Å². The lowest BCUT2D eigenvalue weighted by molar-refractivity contribution is -0.116. The van der Waals surface area contributed by atoms with Gasteiger partial charge in [-0.1, -0.05) is 45.7 Å². The number of nitrogens with zero attached hydrogens (tertiary/aromatic N) is 1. The van der Waals surface area contributed by atoms with E-state index < -0.39 is 5.92 Å². The van der Waals surface area contributed by atoms with Crippen molar-refractivity contribution in [1.82, 2.24) is 0 Å². The number of carbonyl (C=O) groups excluding carboxylic acids is 1. The number of Topliss-reactive ketones (excluding diaryl/α,β-unsaturated/α-hetero) is 1. The molecule has 0 fully saturated rings. The number of rotatable bonds is 5. The van der Waals surface area contributed by atoms with Gasteiger partial charge in [0.2, 0.25) is 5.88 Å². The highest BCUT2D eigenvalue weighted by atomic mass is 79.9. The number of carbonyl (C=O) groups is 1. The molecule has 6 nitrogen and oxygen atoms in total. The van der Waals surface area contributed by atoms with Gasteiger partial charge in [0.25, 0.3) is 0 Å². The fourth-order valence-corrected chi connectivity index (χ4v) is 4.72. The fraction of sp³-hybridized carbons (Fsp3) is 0.250. The SMILES string of the molecule is COc1cc([C@H]2C(C#N)=C(N)OC3=C2C(=O)CCC3)c(Br)cc1OCc1ccccc1Cl. The average Bonchev–Trinajstić information content (AvgIpc) is 2.78. The Balaban J connectivity index is 1.75. The van der Waals surface area contributed by atoms with Gasteiger partial charge in [-0.2, -0.15) is 5.26 Å². The summed E-state index contributed by atoms with van der Waals surface area (Å²) in [6.07, 6.45) is 1.70. The van der Waals surface area contributed by atoms with Gasteiger partial charge in [-0.25, -0.2) is 0 Å². The van der Waals surface area contributed by atoms with Crippen LogP contribution in [-0.2, 0) is 16.1 Å². The lowest BCUT2D eigenvalue weighted by Gasteiger charge is -2.31. The van der Waals surface area contributed by atoms with E-state index in [4.69, 9.17) is 31.5 Å². The maximum absolute atomic E-state index is 12.8. The summed E-state index contributed by atoms with van der Waals surface area (Å²) in [5.74, 6) is 0.833. The predicted octanol–water partition coefficient (Wildman–Crippen LogP) is 5.50. The summed E-state index contributed by atoms with van der Waals surface area (Å²) >= 11 is 9.82. The number of halogens is 2. The van der Waals surface area contributed by atoms with Crippen LogP contribution in [-0.4, -0.2) is 12.9 Å². The minimum absolute atomic E-state index is 0.0239. The highest BCUT2D eigenvalue weighted by Crippen LogP contribution is 2.47. The Hall–Kier alpha value is -2.95. The Kier molecular flexibility index (Phi) is 6.45. The molecule has 0 unspecified atom stereocenters. The zero-order valence-corrected chi connectivity index (χ0v) is 19.6. The van der Waals surface area contributed by atoms with Crippen molar-refractivity contribution in [3.05, 3.63) is 79.8 Å². The Bertz CT molecular complexity index is 1200. The Morgan fingerprint density at radius 1 is 1.28 bits per heavy atom. The molecule has 4 rings (SSSR count). The number of hydrogen-bond donors (Lipinski definition) is 1. The van der Waals surface area contributed by atoms with Crippen LogP contribution in [0.3, 0.4) is 0 Å². The second-order valence-corrected chi connectivity index (χ2v) is 8.70. The summed E-state index contributed by atoms with van der Waals surface area (Å²) in [6.45, 7) is 0.253. The molecule has 0 radical (unpaired) electrons. The highest BCUT2D eigenvalue weighted by molar-refractivity contribution is 9.10. The Morgan fingerprint density at radius 2 is 2.06 bits per heavy atom. The lowest BCUT2D eigenvalue weighted by atomic mass is 9.77. The minimum atomic E-state index is -0.641. The number of benzene rings is 2. The number of methoxy groups -OCH3 is 1. The van der Waals surface area contributed by atoms with E-state index in [1.807, 2.05) is 18.2 Å². The van der Waals surface area contributed by atoms with Crippen LogP contribution >= 0.6 is 27.5 Å². The van der Waals surface area contributed by atoms with E-state index in [0.717, 1.165) is 5.56 Å². The minimum Gasteiger partial charge on any atom is -0.493 e. The smallest absolute Gasteiger partial charge is 0.205 e.